The normalized spacial score (nSPS) is 19.3. The number of anilines is 2. The maximum absolute atomic E-state index is 4.77. The van der Waals surface area contributed by atoms with Gasteiger partial charge in [0.1, 0.15) is 5.82 Å². The van der Waals surface area contributed by atoms with Crippen LogP contribution in [-0.4, -0.2) is 33.5 Å². The van der Waals surface area contributed by atoms with Gasteiger partial charge in [-0.1, -0.05) is 6.92 Å². The van der Waals surface area contributed by atoms with Crippen LogP contribution in [0.4, 0.5) is 11.6 Å². The molecule has 102 valence electrons. The van der Waals surface area contributed by atoms with E-state index in [1.165, 1.54) is 12.8 Å². The lowest BCUT2D eigenvalue weighted by Gasteiger charge is -2.23. The molecule has 1 fully saturated rings. The quantitative estimate of drug-likeness (QED) is 0.916. The molecule has 1 N–H and O–H groups in total. The van der Waals surface area contributed by atoms with Crippen molar-refractivity contribution in [1.29, 1.82) is 0 Å². The molecule has 0 aliphatic carbocycles. The first-order chi connectivity index (χ1) is 9.29. The highest BCUT2D eigenvalue weighted by atomic mass is 15.3. The monoisotopic (exact) mass is 259 g/mol. The summed E-state index contributed by atoms with van der Waals surface area (Å²) in [5.41, 5.74) is 0.954. The number of nitrogens with one attached hydrogen (secondary N) is 1. The Morgan fingerprint density at radius 2 is 2.37 bits per heavy atom. The second-order valence-corrected chi connectivity index (χ2v) is 5.22. The van der Waals surface area contributed by atoms with E-state index in [9.17, 15) is 0 Å². The second-order valence-electron chi connectivity index (χ2n) is 5.22. The number of nitrogens with zero attached hydrogens (tertiary/aromatic N) is 4. The van der Waals surface area contributed by atoms with Crippen molar-refractivity contribution in [2.45, 2.75) is 39.2 Å². The molecular formula is C14H21N5. The summed E-state index contributed by atoms with van der Waals surface area (Å²) in [7, 11) is 0. The van der Waals surface area contributed by atoms with Crippen molar-refractivity contribution in [3.05, 3.63) is 18.6 Å². The fourth-order valence-corrected chi connectivity index (χ4v) is 2.69. The van der Waals surface area contributed by atoms with Crippen LogP contribution in [0.15, 0.2) is 18.6 Å². The first-order valence-electron chi connectivity index (χ1n) is 7.14. The largest absolute Gasteiger partial charge is 0.369 e. The van der Waals surface area contributed by atoms with Crippen molar-refractivity contribution < 1.29 is 0 Å². The smallest absolute Gasteiger partial charge is 0.180 e. The van der Waals surface area contributed by atoms with E-state index in [1.54, 1.807) is 0 Å². The van der Waals surface area contributed by atoms with Gasteiger partial charge in [0, 0.05) is 31.5 Å². The Morgan fingerprint density at radius 3 is 3.11 bits per heavy atom. The maximum Gasteiger partial charge on any atom is 0.180 e. The zero-order chi connectivity index (χ0) is 13.2. The molecule has 1 aliphatic heterocycles. The number of hydrogen-bond donors (Lipinski definition) is 1. The van der Waals surface area contributed by atoms with E-state index < -0.39 is 0 Å². The van der Waals surface area contributed by atoms with Gasteiger partial charge in [-0.25, -0.2) is 9.97 Å². The highest BCUT2D eigenvalue weighted by Crippen LogP contribution is 2.27. The van der Waals surface area contributed by atoms with Crippen LogP contribution in [0.5, 0.6) is 0 Å². The van der Waals surface area contributed by atoms with Gasteiger partial charge >= 0.3 is 0 Å². The van der Waals surface area contributed by atoms with Crippen molar-refractivity contribution >= 4 is 17.3 Å². The van der Waals surface area contributed by atoms with E-state index in [0.29, 0.717) is 6.04 Å². The van der Waals surface area contributed by atoms with Crippen LogP contribution in [0.2, 0.25) is 0 Å². The zero-order valence-corrected chi connectivity index (χ0v) is 11.6. The summed E-state index contributed by atoms with van der Waals surface area (Å²) < 4.78 is 2.06. The molecule has 0 spiro atoms. The fourth-order valence-electron chi connectivity index (χ4n) is 2.69. The lowest BCUT2D eigenvalue weighted by atomic mass is 10.2. The molecule has 2 aromatic rings. The number of hydrogen-bond acceptors (Lipinski definition) is 4. The number of imidazole rings is 1. The molecule has 5 nitrogen and oxygen atoms in total. The summed E-state index contributed by atoms with van der Waals surface area (Å²) in [5.74, 6) is 1.94. The van der Waals surface area contributed by atoms with Gasteiger partial charge in [-0.2, -0.15) is 0 Å². The average Bonchev–Trinajstić information content (AvgIpc) is 3.03. The molecule has 0 saturated carbocycles. The van der Waals surface area contributed by atoms with Gasteiger partial charge in [-0.3, -0.25) is 0 Å². The Hall–Kier alpha value is -1.78. The first-order valence-corrected chi connectivity index (χ1v) is 7.14. The van der Waals surface area contributed by atoms with Crippen molar-refractivity contribution in [2.24, 2.45) is 0 Å². The molecule has 0 radical (unpaired) electrons. The van der Waals surface area contributed by atoms with Crippen molar-refractivity contribution in [3.8, 4) is 0 Å². The molecule has 1 aliphatic rings. The summed E-state index contributed by atoms with van der Waals surface area (Å²) in [6, 6.07) is 0.550. The molecule has 19 heavy (non-hydrogen) atoms. The second kappa shape index (κ2) is 5.07. The van der Waals surface area contributed by atoms with E-state index in [2.05, 4.69) is 33.4 Å². The SMILES string of the molecule is CCCNc1cn2ccnc2c(N2CCCC2C)n1. The Balaban J connectivity index is 2.02. The molecule has 1 saturated heterocycles. The molecule has 3 heterocycles. The minimum atomic E-state index is 0.550. The van der Waals surface area contributed by atoms with Crippen LogP contribution >= 0.6 is 0 Å². The summed E-state index contributed by atoms with van der Waals surface area (Å²) >= 11 is 0. The lowest BCUT2D eigenvalue weighted by Crippen LogP contribution is -2.28. The summed E-state index contributed by atoms with van der Waals surface area (Å²) in [5, 5.41) is 3.37. The van der Waals surface area contributed by atoms with Crippen LogP contribution in [0.25, 0.3) is 5.65 Å². The third-order valence-electron chi connectivity index (χ3n) is 3.74. The third-order valence-corrected chi connectivity index (χ3v) is 3.74. The number of aromatic nitrogens is 3. The summed E-state index contributed by atoms with van der Waals surface area (Å²) in [6.45, 7) is 6.45. The van der Waals surface area contributed by atoms with Gasteiger partial charge in [-0.05, 0) is 26.2 Å². The van der Waals surface area contributed by atoms with E-state index in [4.69, 9.17) is 4.98 Å². The van der Waals surface area contributed by atoms with E-state index in [1.807, 2.05) is 18.6 Å². The van der Waals surface area contributed by atoms with Crippen LogP contribution < -0.4 is 10.2 Å². The first kappa shape index (κ1) is 12.3. The van der Waals surface area contributed by atoms with Crippen molar-refractivity contribution in [3.63, 3.8) is 0 Å². The van der Waals surface area contributed by atoms with E-state index in [0.717, 1.165) is 36.8 Å². The van der Waals surface area contributed by atoms with Crippen LogP contribution in [0.1, 0.15) is 33.1 Å². The maximum atomic E-state index is 4.77. The van der Waals surface area contributed by atoms with Crippen molar-refractivity contribution in [2.75, 3.05) is 23.3 Å². The molecule has 0 amide bonds. The van der Waals surface area contributed by atoms with Gasteiger partial charge in [0.25, 0.3) is 0 Å². The minimum Gasteiger partial charge on any atom is -0.369 e. The molecule has 1 unspecified atom stereocenters. The zero-order valence-electron chi connectivity index (χ0n) is 11.6. The van der Waals surface area contributed by atoms with E-state index >= 15 is 0 Å². The number of fused-ring (bicyclic) bond motifs is 1. The molecule has 0 aromatic carbocycles. The van der Waals surface area contributed by atoms with Crippen molar-refractivity contribution in [1.82, 2.24) is 14.4 Å². The van der Waals surface area contributed by atoms with Crippen LogP contribution in [0, 0.1) is 0 Å². The molecule has 2 aromatic heterocycles. The standard InChI is InChI=1S/C14H21N5/c1-3-6-15-12-10-18-9-7-16-13(18)14(17-12)19-8-4-5-11(19)2/h7,9-11,15H,3-6,8H2,1-2H3. The van der Waals surface area contributed by atoms with Gasteiger partial charge in [0.05, 0.1) is 6.20 Å². The molecular weight excluding hydrogens is 238 g/mol. The Kier molecular flexibility index (Phi) is 3.27. The van der Waals surface area contributed by atoms with Gasteiger partial charge in [0.2, 0.25) is 0 Å². The fraction of sp³-hybridized carbons (Fsp3) is 0.571. The topological polar surface area (TPSA) is 45.5 Å². The minimum absolute atomic E-state index is 0.550. The Morgan fingerprint density at radius 1 is 1.47 bits per heavy atom. The molecule has 3 rings (SSSR count). The third kappa shape index (κ3) is 2.25. The Labute approximate surface area is 113 Å². The van der Waals surface area contributed by atoms with Gasteiger partial charge in [0.15, 0.2) is 11.5 Å². The molecule has 1 atom stereocenters. The highest BCUT2D eigenvalue weighted by molar-refractivity contribution is 5.67. The summed E-state index contributed by atoms with van der Waals surface area (Å²) in [4.78, 5) is 11.6. The van der Waals surface area contributed by atoms with Crippen LogP contribution in [0.3, 0.4) is 0 Å². The van der Waals surface area contributed by atoms with Gasteiger partial charge < -0.3 is 14.6 Å². The lowest BCUT2D eigenvalue weighted by molar-refractivity contribution is 0.727. The predicted octanol–water partition coefficient (Wildman–Crippen LogP) is 2.54. The molecule has 0 bridgehead atoms. The highest BCUT2D eigenvalue weighted by Gasteiger charge is 2.24. The molecule has 5 heteroatoms. The van der Waals surface area contributed by atoms with E-state index in [-0.39, 0.29) is 0 Å². The summed E-state index contributed by atoms with van der Waals surface area (Å²) in [6.07, 6.45) is 9.41. The Bertz CT molecular complexity index is 562. The average molecular weight is 259 g/mol. The van der Waals surface area contributed by atoms with Crippen LogP contribution in [-0.2, 0) is 0 Å². The predicted molar refractivity (Wildman–Crippen MR) is 77.8 cm³/mol. The number of rotatable bonds is 4. The van der Waals surface area contributed by atoms with Gasteiger partial charge in [-0.15, -0.1) is 0 Å².